The average molecular weight is 321 g/mol. The second-order valence-corrected chi connectivity index (χ2v) is 5.55. The summed E-state index contributed by atoms with van der Waals surface area (Å²) in [6.45, 7) is 3.98. The van der Waals surface area contributed by atoms with Crippen LogP contribution in [0.25, 0.3) is 10.9 Å². The van der Waals surface area contributed by atoms with Gasteiger partial charge in [0.1, 0.15) is 5.69 Å². The highest BCUT2D eigenvalue weighted by molar-refractivity contribution is 5.93. The Kier molecular flexibility index (Phi) is 4.65. The summed E-state index contributed by atoms with van der Waals surface area (Å²) in [5, 5.41) is 7.06. The molecule has 0 spiro atoms. The first-order chi connectivity index (χ1) is 11.7. The lowest BCUT2D eigenvalue weighted by atomic mass is 10.2. The lowest BCUT2D eigenvalue weighted by molar-refractivity contribution is 0.0934. The molecule has 1 amide bonds. The molecule has 3 aromatic rings. The van der Waals surface area contributed by atoms with Crippen LogP contribution in [0.3, 0.4) is 0 Å². The second kappa shape index (κ2) is 7.04. The van der Waals surface area contributed by atoms with Gasteiger partial charge < -0.3 is 10.6 Å². The van der Waals surface area contributed by atoms with Gasteiger partial charge in [0.25, 0.3) is 5.91 Å². The van der Waals surface area contributed by atoms with Crippen LogP contribution in [-0.2, 0) is 0 Å². The van der Waals surface area contributed by atoms with Crippen molar-refractivity contribution in [1.82, 2.24) is 20.3 Å². The van der Waals surface area contributed by atoms with Crippen molar-refractivity contribution in [2.24, 2.45) is 0 Å². The first-order valence-electron chi connectivity index (χ1n) is 7.92. The molecule has 0 aliphatic carbocycles. The third-order valence-electron chi connectivity index (χ3n) is 3.76. The van der Waals surface area contributed by atoms with Gasteiger partial charge in [0.05, 0.1) is 11.2 Å². The highest BCUT2D eigenvalue weighted by atomic mass is 16.1. The standard InChI is InChI=1S/C18H19N5O/c1-3-12(2)21-17(24)15-9-11-20-18(23-15)22-14-8-4-6-13-7-5-10-19-16(13)14/h4-12H,3H2,1-2H3,(H,21,24)(H,20,22,23). The topological polar surface area (TPSA) is 79.8 Å². The van der Waals surface area contributed by atoms with E-state index in [1.807, 2.05) is 44.2 Å². The fourth-order valence-electron chi connectivity index (χ4n) is 2.27. The van der Waals surface area contributed by atoms with E-state index in [-0.39, 0.29) is 11.9 Å². The molecule has 2 N–H and O–H groups in total. The number of amides is 1. The van der Waals surface area contributed by atoms with Crippen LogP contribution < -0.4 is 10.6 Å². The van der Waals surface area contributed by atoms with Crippen LogP contribution in [0.15, 0.2) is 48.8 Å². The van der Waals surface area contributed by atoms with Crippen LogP contribution in [0, 0.1) is 0 Å². The van der Waals surface area contributed by atoms with Crippen LogP contribution >= 0.6 is 0 Å². The third kappa shape index (κ3) is 3.48. The van der Waals surface area contributed by atoms with Gasteiger partial charge in [-0.3, -0.25) is 9.78 Å². The summed E-state index contributed by atoms with van der Waals surface area (Å²) in [5.74, 6) is 0.163. The maximum absolute atomic E-state index is 12.2. The number of benzene rings is 1. The molecule has 6 heteroatoms. The monoisotopic (exact) mass is 321 g/mol. The summed E-state index contributed by atoms with van der Waals surface area (Å²) >= 11 is 0. The summed E-state index contributed by atoms with van der Waals surface area (Å²) in [4.78, 5) is 25.1. The van der Waals surface area contributed by atoms with Crippen molar-refractivity contribution in [3.05, 3.63) is 54.5 Å². The van der Waals surface area contributed by atoms with E-state index in [0.717, 1.165) is 23.0 Å². The molecule has 1 unspecified atom stereocenters. The van der Waals surface area contributed by atoms with E-state index < -0.39 is 0 Å². The van der Waals surface area contributed by atoms with E-state index in [4.69, 9.17) is 0 Å². The summed E-state index contributed by atoms with van der Waals surface area (Å²) in [6, 6.07) is 11.4. The van der Waals surface area contributed by atoms with Gasteiger partial charge in [-0.1, -0.05) is 25.1 Å². The maximum atomic E-state index is 12.2. The van der Waals surface area contributed by atoms with Crippen LogP contribution in [0.4, 0.5) is 11.6 Å². The molecule has 24 heavy (non-hydrogen) atoms. The van der Waals surface area contributed by atoms with Crippen LogP contribution in [0.2, 0.25) is 0 Å². The van der Waals surface area contributed by atoms with Gasteiger partial charge in [0.15, 0.2) is 0 Å². The number of pyridine rings is 1. The number of carbonyl (C=O) groups excluding carboxylic acids is 1. The van der Waals surface area contributed by atoms with Crippen molar-refractivity contribution < 1.29 is 4.79 Å². The van der Waals surface area contributed by atoms with E-state index in [9.17, 15) is 4.79 Å². The molecule has 0 radical (unpaired) electrons. The van der Waals surface area contributed by atoms with Gasteiger partial charge >= 0.3 is 0 Å². The van der Waals surface area contributed by atoms with E-state index in [1.165, 1.54) is 0 Å². The second-order valence-electron chi connectivity index (χ2n) is 5.55. The van der Waals surface area contributed by atoms with Gasteiger partial charge in [-0.25, -0.2) is 9.97 Å². The Hall–Kier alpha value is -3.02. The molecular weight excluding hydrogens is 302 g/mol. The van der Waals surface area contributed by atoms with Gasteiger partial charge in [-0.2, -0.15) is 0 Å². The molecule has 6 nitrogen and oxygen atoms in total. The normalized spacial score (nSPS) is 11.9. The molecule has 0 fully saturated rings. The molecular formula is C18H19N5O. The van der Waals surface area contributed by atoms with E-state index >= 15 is 0 Å². The minimum Gasteiger partial charge on any atom is -0.348 e. The number of rotatable bonds is 5. The molecule has 2 aromatic heterocycles. The van der Waals surface area contributed by atoms with Gasteiger partial charge in [-0.15, -0.1) is 0 Å². The van der Waals surface area contributed by atoms with Crippen LogP contribution in [0.1, 0.15) is 30.8 Å². The fraction of sp³-hybridized carbons (Fsp3) is 0.222. The average Bonchev–Trinajstić information content (AvgIpc) is 2.62. The SMILES string of the molecule is CCC(C)NC(=O)c1ccnc(Nc2cccc3cccnc23)n1. The summed E-state index contributed by atoms with van der Waals surface area (Å²) in [7, 11) is 0. The Morgan fingerprint density at radius 1 is 1.12 bits per heavy atom. The molecule has 122 valence electrons. The zero-order valence-corrected chi connectivity index (χ0v) is 13.7. The number of nitrogens with zero attached hydrogens (tertiary/aromatic N) is 3. The minimum atomic E-state index is -0.203. The number of para-hydroxylation sites is 1. The van der Waals surface area contributed by atoms with E-state index in [1.54, 1.807) is 18.5 Å². The van der Waals surface area contributed by atoms with Crippen molar-refractivity contribution in [3.63, 3.8) is 0 Å². The molecule has 0 bridgehead atoms. The highest BCUT2D eigenvalue weighted by Gasteiger charge is 2.11. The van der Waals surface area contributed by atoms with Crippen LogP contribution in [0.5, 0.6) is 0 Å². The Morgan fingerprint density at radius 3 is 2.79 bits per heavy atom. The highest BCUT2D eigenvalue weighted by Crippen LogP contribution is 2.22. The summed E-state index contributed by atoms with van der Waals surface area (Å²) < 4.78 is 0. The van der Waals surface area contributed by atoms with Crippen molar-refractivity contribution in [1.29, 1.82) is 0 Å². The largest absolute Gasteiger partial charge is 0.348 e. The van der Waals surface area contributed by atoms with E-state index in [0.29, 0.717) is 11.6 Å². The maximum Gasteiger partial charge on any atom is 0.270 e. The number of aromatic nitrogens is 3. The Balaban J connectivity index is 1.85. The van der Waals surface area contributed by atoms with Crippen molar-refractivity contribution >= 4 is 28.4 Å². The molecule has 1 aromatic carbocycles. The predicted octanol–water partition coefficient (Wildman–Crippen LogP) is 3.30. The first kappa shape index (κ1) is 15.9. The Labute approximate surface area is 140 Å². The number of nitrogens with one attached hydrogen (secondary N) is 2. The number of hydrogen-bond acceptors (Lipinski definition) is 5. The molecule has 1 atom stereocenters. The van der Waals surface area contributed by atoms with Crippen molar-refractivity contribution in [2.45, 2.75) is 26.3 Å². The smallest absolute Gasteiger partial charge is 0.270 e. The first-order valence-corrected chi connectivity index (χ1v) is 7.92. The number of hydrogen-bond donors (Lipinski definition) is 2. The van der Waals surface area contributed by atoms with Gasteiger partial charge in [-0.05, 0) is 31.5 Å². The fourth-order valence-corrected chi connectivity index (χ4v) is 2.27. The molecule has 2 heterocycles. The Bertz CT molecular complexity index is 859. The lowest BCUT2D eigenvalue weighted by Crippen LogP contribution is -2.32. The van der Waals surface area contributed by atoms with Crippen molar-refractivity contribution in [2.75, 3.05) is 5.32 Å². The quantitative estimate of drug-likeness (QED) is 0.754. The molecule has 3 rings (SSSR count). The molecule has 0 saturated heterocycles. The van der Waals surface area contributed by atoms with Crippen LogP contribution in [-0.4, -0.2) is 26.9 Å². The number of anilines is 2. The third-order valence-corrected chi connectivity index (χ3v) is 3.76. The Morgan fingerprint density at radius 2 is 1.96 bits per heavy atom. The summed E-state index contributed by atoms with van der Waals surface area (Å²) in [6.07, 6.45) is 4.17. The zero-order valence-electron chi connectivity index (χ0n) is 13.7. The molecule has 0 saturated carbocycles. The minimum absolute atomic E-state index is 0.103. The number of carbonyl (C=O) groups is 1. The van der Waals surface area contributed by atoms with Gasteiger partial charge in [0.2, 0.25) is 5.95 Å². The molecule has 0 aliphatic heterocycles. The zero-order chi connectivity index (χ0) is 16.9. The predicted molar refractivity (Wildman–Crippen MR) is 94.3 cm³/mol. The number of fused-ring (bicyclic) bond motifs is 1. The summed E-state index contributed by atoms with van der Waals surface area (Å²) in [5.41, 5.74) is 1.96. The molecule has 0 aliphatic rings. The van der Waals surface area contributed by atoms with Crippen molar-refractivity contribution in [3.8, 4) is 0 Å². The lowest BCUT2D eigenvalue weighted by Gasteiger charge is -2.12. The van der Waals surface area contributed by atoms with Gasteiger partial charge in [0, 0.05) is 23.8 Å². The van der Waals surface area contributed by atoms with E-state index in [2.05, 4.69) is 25.6 Å².